The highest BCUT2D eigenvalue weighted by atomic mass is 79.9. The van der Waals surface area contributed by atoms with Gasteiger partial charge in [-0.05, 0) is 31.0 Å². The lowest BCUT2D eigenvalue weighted by Gasteiger charge is -2.29. The Balaban J connectivity index is 2.43. The van der Waals surface area contributed by atoms with Crippen molar-refractivity contribution in [1.82, 2.24) is 4.90 Å². The third kappa shape index (κ3) is 6.15. The number of hydrogen-bond acceptors (Lipinski definition) is 2. The first-order chi connectivity index (χ1) is 9.21. The summed E-state index contributed by atoms with van der Waals surface area (Å²) in [6, 6.07) is 8.55. The van der Waals surface area contributed by atoms with Crippen LogP contribution in [0.4, 0.5) is 0 Å². The Labute approximate surface area is 130 Å². The van der Waals surface area contributed by atoms with Crippen LogP contribution in [0.5, 0.6) is 5.75 Å². The Hall–Kier alpha value is -0.250. The maximum Gasteiger partial charge on any atom is 0.120 e. The summed E-state index contributed by atoms with van der Waals surface area (Å²) in [6.07, 6.45) is 2.31. The molecule has 0 unspecified atom stereocenters. The first-order valence-corrected chi connectivity index (χ1v) is 8.22. The average molecular weight is 349 g/mol. The van der Waals surface area contributed by atoms with Crippen LogP contribution in [0.3, 0.4) is 0 Å². The third-order valence-corrected chi connectivity index (χ3v) is 3.94. The zero-order valence-corrected chi connectivity index (χ0v) is 14.1. The first kappa shape index (κ1) is 16.8. The van der Waals surface area contributed by atoms with E-state index in [2.05, 4.69) is 34.7 Å². The maximum atomic E-state index is 5.88. The molecule has 0 aromatic heterocycles. The number of ether oxygens (including phenoxy) is 1. The summed E-state index contributed by atoms with van der Waals surface area (Å²) in [7, 11) is 0. The molecule has 1 aromatic carbocycles. The van der Waals surface area contributed by atoms with Crippen molar-refractivity contribution >= 4 is 27.5 Å². The summed E-state index contributed by atoms with van der Waals surface area (Å²) < 4.78 is 6.83. The number of alkyl halides is 1. The van der Waals surface area contributed by atoms with E-state index in [1.54, 1.807) is 0 Å². The quantitative estimate of drug-likeness (QED) is 0.607. The van der Waals surface area contributed by atoms with E-state index in [4.69, 9.17) is 16.3 Å². The van der Waals surface area contributed by atoms with Crippen LogP contribution in [0.1, 0.15) is 26.7 Å². The second-order valence-electron chi connectivity index (χ2n) is 4.50. The van der Waals surface area contributed by atoms with E-state index in [0.717, 1.165) is 36.2 Å². The number of halogens is 2. The van der Waals surface area contributed by atoms with E-state index in [9.17, 15) is 0 Å². The Kier molecular flexibility index (Phi) is 8.51. The molecule has 108 valence electrons. The Morgan fingerprint density at radius 2 is 2.00 bits per heavy atom. The lowest BCUT2D eigenvalue weighted by Crippen LogP contribution is -2.38. The molecule has 4 heteroatoms. The minimum Gasteiger partial charge on any atom is -0.492 e. The molecule has 0 aliphatic heterocycles. The first-order valence-electron chi connectivity index (χ1n) is 6.89. The maximum absolute atomic E-state index is 5.88. The van der Waals surface area contributed by atoms with Crippen molar-refractivity contribution in [3.63, 3.8) is 0 Å². The minimum atomic E-state index is 0.602. The van der Waals surface area contributed by atoms with Crippen LogP contribution in [0.15, 0.2) is 28.7 Å². The topological polar surface area (TPSA) is 12.5 Å². The molecule has 19 heavy (non-hydrogen) atoms. The van der Waals surface area contributed by atoms with Gasteiger partial charge >= 0.3 is 0 Å². The molecule has 0 saturated carbocycles. The van der Waals surface area contributed by atoms with Crippen LogP contribution in [-0.4, -0.2) is 36.5 Å². The zero-order valence-electron chi connectivity index (χ0n) is 11.7. The lowest BCUT2D eigenvalue weighted by molar-refractivity contribution is 0.159. The van der Waals surface area contributed by atoms with Crippen LogP contribution in [-0.2, 0) is 0 Å². The summed E-state index contributed by atoms with van der Waals surface area (Å²) in [6.45, 7) is 7.00. The summed E-state index contributed by atoms with van der Waals surface area (Å²) in [5.41, 5.74) is 0. The number of hydrogen-bond donors (Lipinski definition) is 0. The molecule has 0 N–H and O–H groups in total. The van der Waals surface area contributed by atoms with Crippen LogP contribution in [0.2, 0.25) is 0 Å². The second kappa shape index (κ2) is 9.62. The minimum absolute atomic E-state index is 0.602. The molecule has 0 heterocycles. The van der Waals surface area contributed by atoms with Gasteiger partial charge in [-0.25, -0.2) is 0 Å². The lowest BCUT2D eigenvalue weighted by atomic mass is 10.1. The van der Waals surface area contributed by atoms with Gasteiger partial charge < -0.3 is 4.74 Å². The largest absolute Gasteiger partial charge is 0.492 e. The predicted molar refractivity (Wildman–Crippen MR) is 86.3 cm³/mol. The molecule has 2 nitrogen and oxygen atoms in total. The van der Waals surface area contributed by atoms with Crippen molar-refractivity contribution in [2.24, 2.45) is 0 Å². The molecule has 0 amide bonds. The molecule has 0 aliphatic rings. The highest BCUT2D eigenvalue weighted by Gasteiger charge is 2.14. The molecule has 1 rings (SSSR count). The fourth-order valence-corrected chi connectivity index (χ4v) is 2.82. The van der Waals surface area contributed by atoms with Gasteiger partial charge in [0.25, 0.3) is 0 Å². The molecule has 0 fully saturated rings. The SMILES string of the molecule is CCC(CC)N(CCCl)CCOc1cccc(Br)c1. The molecule has 0 radical (unpaired) electrons. The Morgan fingerprint density at radius 3 is 2.58 bits per heavy atom. The molecule has 0 saturated heterocycles. The van der Waals surface area contributed by atoms with E-state index in [1.807, 2.05) is 24.3 Å². The Morgan fingerprint density at radius 1 is 1.26 bits per heavy atom. The van der Waals surface area contributed by atoms with Crippen LogP contribution in [0, 0.1) is 0 Å². The third-order valence-electron chi connectivity index (χ3n) is 3.27. The van der Waals surface area contributed by atoms with Gasteiger partial charge in [-0.3, -0.25) is 4.90 Å². The standard InChI is InChI=1S/C15H23BrClNO/c1-3-14(4-2)18(9-8-17)10-11-19-15-7-5-6-13(16)12-15/h5-7,12,14H,3-4,8-11H2,1-2H3. The fourth-order valence-electron chi connectivity index (χ4n) is 2.23. The van der Waals surface area contributed by atoms with E-state index in [-0.39, 0.29) is 0 Å². The smallest absolute Gasteiger partial charge is 0.120 e. The zero-order chi connectivity index (χ0) is 14.1. The highest BCUT2D eigenvalue weighted by molar-refractivity contribution is 9.10. The van der Waals surface area contributed by atoms with Crippen LogP contribution < -0.4 is 4.74 Å². The molecule has 0 bridgehead atoms. The fraction of sp³-hybridized carbons (Fsp3) is 0.600. The molecule has 0 spiro atoms. The second-order valence-corrected chi connectivity index (χ2v) is 5.79. The highest BCUT2D eigenvalue weighted by Crippen LogP contribution is 2.18. The average Bonchev–Trinajstić information content (AvgIpc) is 2.40. The van der Waals surface area contributed by atoms with Crippen molar-refractivity contribution in [2.45, 2.75) is 32.7 Å². The van der Waals surface area contributed by atoms with E-state index < -0.39 is 0 Å². The van der Waals surface area contributed by atoms with Crippen molar-refractivity contribution in [3.05, 3.63) is 28.7 Å². The summed E-state index contributed by atoms with van der Waals surface area (Å²) in [4.78, 5) is 2.42. The molecule has 0 aliphatic carbocycles. The van der Waals surface area contributed by atoms with E-state index in [1.165, 1.54) is 0 Å². The van der Waals surface area contributed by atoms with Crippen molar-refractivity contribution in [2.75, 3.05) is 25.6 Å². The van der Waals surface area contributed by atoms with Gasteiger partial charge in [-0.2, -0.15) is 0 Å². The molecule has 0 atom stereocenters. The van der Waals surface area contributed by atoms with Gasteiger partial charge in [0.05, 0.1) is 0 Å². The van der Waals surface area contributed by atoms with Crippen molar-refractivity contribution in [3.8, 4) is 5.75 Å². The van der Waals surface area contributed by atoms with Crippen LogP contribution in [0.25, 0.3) is 0 Å². The Bertz CT molecular complexity index is 358. The van der Waals surface area contributed by atoms with Crippen molar-refractivity contribution in [1.29, 1.82) is 0 Å². The van der Waals surface area contributed by atoms with Crippen molar-refractivity contribution < 1.29 is 4.74 Å². The van der Waals surface area contributed by atoms with E-state index in [0.29, 0.717) is 18.5 Å². The number of nitrogens with zero attached hydrogens (tertiary/aromatic N) is 1. The van der Waals surface area contributed by atoms with Gasteiger partial charge in [0.2, 0.25) is 0 Å². The number of benzene rings is 1. The summed E-state index contributed by atoms with van der Waals surface area (Å²) in [5, 5.41) is 0. The monoisotopic (exact) mass is 347 g/mol. The molecular formula is C15H23BrClNO. The normalized spacial score (nSPS) is 11.3. The molecule has 1 aromatic rings. The predicted octanol–water partition coefficient (Wildman–Crippen LogP) is 4.56. The van der Waals surface area contributed by atoms with Gasteiger partial charge in [0.15, 0.2) is 0 Å². The van der Waals surface area contributed by atoms with Gasteiger partial charge in [0.1, 0.15) is 12.4 Å². The summed E-state index contributed by atoms with van der Waals surface area (Å²) in [5.74, 6) is 1.58. The number of rotatable bonds is 9. The van der Waals surface area contributed by atoms with Gasteiger partial charge in [-0.1, -0.05) is 35.8 Å². The molecular weight excluding hydrogens is 326 g/mol. The van der Waals surface area contributed by atoms with Gasteiger partial charge in [0, 0.05) is 29.5 Å². The van der Waals surface area contributed by atoms with Crippen LogP contribution >= 0.6 is 27.5 Å². The van der Waals surface area contributed by atoms with Gasteiger partial charge in [-0.15, -0.1) is 11.6 Å². The summed E-state index contributed by atoms with van der Waals surface area (Å²) >= 11 is 9.33. The van der Waals surface area contributed by atoms with E-state index >= 15 is 0 Å².